The van der Waals surface area contributed by atoms with E-state index in [0.717, 1.165) is 0 Å². The number of aryl methyl sites for hydroxylation is 2. The summed E-state index contributed by atoms with van der Waals surface area (Å²) in [6, 6.07) is 6.95. The number of nitrogens with one attached hydrogen (secondary N) is 1. The molecule has 0 fully saturated rings. The van der Waals surface area contributed by atoms with E-state index >= 15 is 0 Å². The zero-order valence-electron chi connectivity index (χ0n) is 11.1. The van der Waals surface area contributed by atoms with Crippen LogP contribution in [0.4, 0.5) is 0 Å². The Balaban J connectivity index is 2.18. The van der Waals surface area contributed by atoms with Crippen molar-refractivity contribution in [3.63, 3.8) is 0 Å². The minimum absolute atomic E-state index is 0.236. The van der Waals surface area contributed by atoms with Gasteiger partial charge in [0.05, 0.1) is 0 Å². The molecule has 1 aliphatic carbocycles. The van der Waals surface area contributed by atoms with Gasteiger partial charge in [-0.3, -0.25) is 0 Å². The van der Waals surface area contributed by atoms with E-state index in [0.29, 0.717) is 0 Å². The summed E-state index contributed by atoms with van der Waals surface area (Å²) in [6.07, 6.45) is 5.17. The Morgan fingerprint density at radius 2 is 1.82 bits per heavy atom. The standard InChI is InChI=1S/C16H21N/c1-16(2,3)11-8-9-13-12-6-4-5-7-14(12)17-15(13)10-11/h8-10,17H,4-7H2,1-3H3. The number of aromatic amines is 1. The molecular weight excluding hydrogens is 206 g/mol. The summed E-state index contributed by atoms with van der Waals surface area (Å²) >= 11 is 0. The van der Waals surface area contributed by atoms with Gasteiger partial charge in [0.15, 0.2) is 0 Å². The second-order valence-corrected chi connectivity index (χ2v) is 6.30. The summed E-state index contributed by atoms with van der Waals surface area (Å²) in [6.45, 7) is 6.82. The molecule has 0 aliphatic heterocycles. The van der Waals surface area contributed by atoms with Crippen molar-refractivity contribution in [2.45, 2.75) is 51.9 Å². The molecule has 0 radical (unpaired) electrons. The molecule has 2 aromatic rings. The van der Waals surface area contributed by atoms with Crippen LogP contribution in [0, 0.1) is 0 Å². The van der Waals surface area contributed by atoms with Gasteiger partial charge < -0.3 is 4.98 Å². The van der Waals surface area contributed by atoms with Gasteiger partial charge in [-0.1, -0.05) is 32.9 Å². The summed E-state index contributed by atoms with van der Waals surface area (Å²) < 4.78 is 0. The summed E-state index contributed by atoms with van der Waals surface area (Å²) in [4.78, 5) is 3.63. The van der Waals surface area contributed by atoms with Crippen molar-refractivity contribution in [2.24, 2.45) is 0 Å². The Kier molecular flexibility index (Phi) is 2.32. The molecule has 1 N–H and O–H groups in total. The third-order valence-corrected chi connectivity index (χ3v) is 3.96. The van der Waals surface area contributed by atoms with Crippen molar-refractivity contribution < 1.29 is 0 Å². The maximum absolute atomic E-state index is 3.63. The average Bonchev–Trinajstić information content (AvgIpc) is 2.65. The number of hydrogen-bond acceptors (Lipinski definition) is 0. The summed E-state index contributed by atoms with van der Waals surface area (Å²) in [7, 11) is 0. The number of aromatic nitrogens is 1. The Bertz CT molecular complexity index is 555. The van der Waals surface area contributed by atoms with Crippen molar-refractivity contribution in [1.82, 2.24) is 4.98 Å². The number of benzene rings is 1. The summed E-state index contributed by atoms with van der Waals surface area (Å²) in [5.41, 5.74) is 6.05. The van der Waals surface area contributed by atoms with Gasteiger partial charge in [-0.2, -0.15) is 0 Å². The summed E-state index contributed by atoms with van der Waals surface area (Å²) in [5.74, 6) is 0. The molecule has 0 saturated carbocycles. The lowest BCUT2D eigenvalue weighted by Crippen LogP contribution is -2.10. The van der Waals surface area contributed by atoms with E-state index in [1.165, 1.54) is 47.8 Å². The quantitative estimate of drug-likeness (QED) is 0.689. The Labute approximate surface area is 103 Å². The van der Waals surface area contributed by atoms with E-state index in [2.05, 4.69) is 44.0 Å². The highest BCUT2D eigenvalue weighted by Gasteiger charge is 2.18. The molecule has 0 atom stereocenters. The van der Waals surface area contributed by atoms with Crippen LogP contribution in [-0.4, -0.2) is 4.98 Å². The summed E-state index contributed by atoms with van der Waals surface area (Å²) in [5, 5.41) is 1.45. The van der Waals surface area contributed by atoms with Crippen LogP contribution in [0.3, 0.4) is 0 Å². The fourth-order valence-electron chi connectivity index (χ4n) is 2.88. The first-order chi connectivity index (χ1) is 8.05. The monoisotopic (exact) mass is 227 g/mol. The third kappa shape index (κ3) is 1.78. The fourth-order valence-corrected chi connectivity index (χ4v) is 2.88. The van der Waals surface area contributed by atoms with Gasteiger partial charge in [0, 0.05) is 16.6 Å². The van der Waals surface area contributed by atoms with E-state index in [1.54, 1.807) is 5.56 Å². The Morgan fingerprint density at radius 1 is 1.06 bits per heavy atom. The second kappa shape index (κ2) is 3.63. The van der Waals surface area contributed by atoms with Gasteiger partial charge in [0.1, 0.15) is 0 Å². The molecule has 0 bridgehead atoms. The topological polar surface area (TPSA) is 15.8 Å². The largest absolute Gasteiger partial charge is 0.358 e. The lowest BCUT2D eigenvalue weighted by Gasteiger charge is -2.18. The van der Waals surface area contributed by atoms with Gasteiger partial charge in [0.25, 0.3) is 0 Å². The molecule has 0 unspecified atom stereocenters. The van der Waals surface area contributed by atoms with E-state index in [-0.39, 0.29) is 5.41 Å². The lowest BCUT2D eigenvalue weighted by molar-refractivity contribution is 0.591. The Morgan fingerprint density at radius 3 is 2.59 bits per heavy atom. The van der Waals surface area contributed by atoms with Crippen LogP contribution < -0.4 is 0 Å². The fraction of sp³-hybridized carbons (Fsp3) is 0.500. The van der Waals surface area contributed by atoms with Gasteiger partial charge in [-0.05, 0) is 48.3 Å². The predicted octanol–water partition coefficient (Wildman–Crippen LogP) is 4.34. The molecule has 90 valence electrons. The van der Waals surface area contributed by atoms with Crippen LogP contribution in [0.5, 0.6) is 0 Å². The maximum Gasteiger partial charge on any atom is 0.0461 e. The molecule has 1 heterocycles. The van der Waals surface area contributed by atoms with Crippen molar-refractivity contribution >= 4 is 10.9 Å². The van der Waals surface area contributed by atoms with E-state index in [1.807, 2.05) is 0 Å². The van der Waals surface area contributed by atoms with Crippen LogP contribution in [0.25, 0.3) is 10.9 Å². The highest BCUT2D eigenvalue weighted by molar-refractivity contribution is 5.85. The molecule has 1 aromatic carbocycles. The maximum atomic E-state index is 3.63. The highest BCUT2D eigenvalue weighted by atomic mass is 14.7. The van der Waals surface area contributed by atoms with Gasteiger partial charge in [-0.25, -0.2) is 0 Å². The normalized spacial score (nSPS) is 16.2. The van der Waals surface area contributed by atoms with Crippen molar-refractivity contribution in [3.05, 3.63) is 35.0 Å². The molecule has 1 aromatic heterocycles. The van der Waals surface area contributed by atoms with Gasteiger partial charge in [-0.15, -0.1) is 0 Å². The predicted molar refractivity (Wildman–Crippen MR) is 73.6 cm³/mol. The van der Waals surface area contributed by atoms with E-state index < -0.39 is 0 Å². The molecule has 1 nitrogen and oxygen atoms in total. The molecule has 1 aliphatic rings. The lowest BCUT2D eigenvalue weighted by atomic mass is 9.86. The van der Waals surface area contributed by atoms with E-state index in [4.69, 9.17) is 0 Å². The molecule has 0 spiro atoms. The van der Waals surface area contributed by atoms with Gasteiger partial charge >= 0.3 is 0 Å². The minimum Gasteiger partial charge on any atom is -0.358 e. The molecule has 0 saturated heterocycles. The van der Waals surface area contributed by atoms with Crippen LogP contribution in [0.15, 0.2) is 18.2 Å². The zero-order chi connectivity index (χ0) is 12.0. The average molecular weight is 227 g/mol. The zero-order valence-corrected chi connectivity index (χ0v) is 11.1. The number of rotatable bonds is 0. The van der Waals surface area contributed by atoms with E-state index in [9.17, 15) is 0 Å². The molecular formula is C16H21N. The minimum atomic E-state index is 0.236. The molecule has 0 amide bonds. The number of hydrogen-bond donors (Lipinski definition) is 1. The first-order valence-corrected chi connectivity index (χ1v) is 6.70. The second-order valence-electron chi connectivity index (χ2n) is 6.30. The highest BCUT2D eigenvalue weighted by Crippen LogP contribution is 2.32. The number of fused-ring (bicyclic) bond motifs is 3. The van der Waals surface area contributed by atoms with Crippen LogP contribution >= 0.6 is 0 Å². The van der Waals surface area contributed by atoms with Crippen molar-refractivity contribution in [3.8, 4) is 0 Å². The SMILES string of the molecule is CC(C)(C)c1ccc2c3c([nH]c2c1)CCCC3. The molecule has 3 rings (SSSR count). The molecule has 1 heteroatoms. The van der Waals surface area contributed by atoms with Crippen molar-refractivity contribution in [2.75, 3.05) is 0 Å². The van der Waals surface area contributed by atoms with Gasteiger partial charge in [0.2, 0.25) is 0 Å². The first-order valence-electron chi connectivity index (χ1n) is 6.70. The first kappa shape index (κ1) is 10.9. The smallest absolute Gasteiger partial charge is 0.0461 e. The Hall–Kier alpha value is -1.24. The van der Waals surface area contributed by atoms with Crippen molar-refractivity contribution in [1.29, 1.82) is 0 Å². The third-order valence-electron chi connectivity index (χ3n) is 3.96. The van der Waals surface area contributed by atoms with Crippen LogP contribution in [0.2, 0.25) is 0 Å². The van der Waals surface area contributed by atoms with Crippen LogP contribution in [0.1, 0.15) is 50.4 Å². The molecule has 17 heavy (non-hydrogen) atoms. The number of H-pyrrole nitrogens is 1. The van der Waals surface area contributed by atoms with Crippen LogP contribution in [-0.2, 0) is 18.3 Å².